The van der Waals surface area contributed by atoms with E-state index in [0.717, 1.165) is 18.1 Å². The molecule has 0 aromatic carbocycles. The van der Waals surface area contributed by atoms with Crippen molar-refractivity contribution in [2.45, 2.75) is 94.5 Å². The molecule has 204 valence electrons. The Morgan fingerprint density at radius 1 is 1.31 bits per heavy atom. The van der Waals surface area contributed by atoms with E-state index in [1.165, 1.54) is 0 Å². The van der Waals surface area contributed by atoms with Gasteiger partial charge in [-0.1, -0.05) is 38.9 Å². The van der Waals surface area contributed by atoms with Gasteiger partial charge in [0.2, 0.25) is 0 Å². The van der Waals surface area contributed by atoms with Crippen molar-refractivity contribution >= 4 is 49.9 Å². The third-order valence-electron chi connectivity index (χ3n) is 7.55. The van der Waals surface area contributed by atoms with Gasteiger partial charge in [0, 0.05) is 6.54 Å². The number of nitriles is 1. The van der Waals surface area contributed by atoms with Crippen LogP contribution in [-0.2, 0) is 26.3 Å². The van der Waals surface area contributed by atoms with E-state index < -0.39 is 62.1 Å². The Morgan fingerprint density at radius 2 is 1.89 bits per heavy atom. The zero-order valence-corrected chi connectivity index (χ0v) is 26.6. The summed E-state index contributed by atoms with van der Waals surface area (Å²) in [5.41, 5.74) is -2.27. The minimum atomic E-state index is -3.37. The highest BCUT2D eigenvalue weighted by Crippen LogP contribution is 2.37. The number of hydrogen-bond donors (Lipinski definition) is 1. The van der Waals surface area contributed by atoms with Gasteiger partial charge in [0.05, 0.1) is 45.4 Å². The maximum atomic E-state index is 16.5. The zero-order valence-electron chi connectivity index (χ0n) is 22.3. The summed E-state index contributed by atoms with van der Waals surface area (Å²) in [5.74, 6) is -1.16. The molecule has 0 fully saturated rings. The van der Waals surface area contributed by atoms with E-state index in [1.54, 1.807) is 33.8 Å². The van der Waals surface area contributed by atoms with Crippen molar-refractivity contribution in [2.75, 3.05) is 19.0 Å². The van der Waals surface area contributed by atoms with Gasteiger partial charge >= 0.3 is 0 Å². The summed E-state index contributed by atoms with van der Waals surface area (Å²) >= 11 is 3.40. The van der Waals surface area contributed by atoms with Crippen LogP contribution in [0.3, 0.4) is 0 Å². The lowest BCUT2D eigenvalue weighted by Gasteiger charge is -2.39. The molecular formula is C24H39BrF2N4O2S2Si. The van der Waals surface area contributed by atoms with Crippen molar-refractivity contribution in [3.05, 3.63) is 22.2 Å². The SMILES string of the molecule is CC[Si](CC)(CC)c1cc(Br)nc([C@](CF)(C[S@]2(=O)=NCCC[C@@]2(C)C#N)N[S@](=O)C(C)(C)C)c1F. The van der Waals surface area contributed by atoms with Gasteiger partial charge in [-0.05, 0) is 67.7 Å². The van der Waals surface area contributed by atoms with Gasteiger partial charge < -0.3 is 0 Å². The molecular weight excluding hydrogens is 586 g/mol. The number of aromatic nitrogens is 1. The average molecular weight is 626 g/mol. The fraction of sp³-hybridized carbons (Fsp3) is 0.750. The van der Waals surface area contributed by atoms with Gasteiger partial charge in [0.25, 0.3) is 0 Å². The van der Waals surface area contributed by atoms with Crippen LogP contribution >= 0.6 is 15.9 Å². The molecule has 0 unspecified atom stereocenters. The van der Waals surface area contributed by atoms with E-state index in [4.69, 9.17) is 0 Å². The topological polar surface area (TPSA) is 95.2 Å². The third kappa shape index (κ3) is 5.80. The van der Waals surface area contributed by atoms with Crippen LogP contribution < -0.4 is 9.91 Å². The Bertz CT molecular complexity index is 1150. The minimum Gasteiger partial charge on any atom is -0.249 e. The van der Waals surface area contributed by atoms with E-state index >= 15 is 8.78 Å². The second-order valence-corrected chi connectivity index (χ2v) is 21.5. The number of nitrogens with one attached hydrogen (secondary N) is 1. The molecule has 2 heterocycles. The van der Waals surface area contributed by atoms with Crippen molar-refractivity contribution in [1.82, 2.24) is 9.71 Å². The van der Waals surface area contributed by atoms with Crippen LogP contribution in [0, 0.1) is 17.1 Å². The lowest BCUT2D eigenvalue weighted by atomic mass is 9.99. The minimum absolute atomic E-state index is 0.261. The monoisotopic (exact) mass is 624 g/mol. The van der Waals surface area contributed by atoms with Crippen LogP contribution in [0.4, 0.5) is 8.78 Å². The molecule has 0 bridgehead atoms. The van der Waals surface area contributed by atoms with Gasteiger partial charge in [-0.2, -0.15) is 5.26 Å². The largest absolute Gasteiger partial charge is 0.249 e. The maximum Gasteiger partial charge on any atom is 0.146 e. The molecule has 1 aliphatic heterocycles. The maximum absolute atomic E-state index is 16.5. The second kappa shape index (κ2) is 11.6. The van der Waals surface area contributed by atoms with E-state index in [9.17, 15) is 13.7 Å². The second-order valence-electron chi connectivity index (χ2n) is 10.8. The van der Waals surface area contributed by atoms with Gasteiger partial charge in [-0.25, -0.2) is 31.3 Å². The van der Waals surface area contributed by atoms with E-state index in [1.807, 2.05) is 20.8 Å². The van der Waals surface area contributed by atoms with E-state index in [2.05, 4.69) is 36.1 Å². The Balaban J connectivity index is 2.93. The fourth-order valence-corrected chi connectivity index (χ4v) is 12.7. The number of hydrogen-bond acceptors (Lipinski definition) is 5. The summed E-state index contributed by atoms with van der Waals surface area (Å²) in [6.45, 7) is 11.8. The fourth-order valence-electron chi connectivity index (χ4n) is 4.72. The Labute approximate surface area is 227 Å². The van der Waals surface area contributed by atoms with Crippen LogP contribution in [-0.4, -0.2) is 49.9 Å². The van der Waals surface area contributed by atoms with Gasteiger partial charge in [-0.3, -0.25) is 0 Å². The summed E-state index contributed by atoms with van der Waals surface area (Å²) < 4.78 is 64.8. The van der Waals surface area contributed by atoms with Crippen LogP contribution in [0.1, 0.15) is 67.0 Å². The molecule has 2 rings (SSSR count). The number of pyridine rings is 1. The predicted molar refractivity (Wildman–Crippen MR) is 151 cm³/mol. The first-order chi connectivity index (χ1) is 16.6. The highest BCUT2D eigenvalue weighted by Gasteiger charge is 2.50. The Kier molecular flexibility index (Phi) is 10.1. The molecule has 0 spiro atoms. The lowest BCUT2D eigenvalue weighted by molar-refractivity contribution is 0.297. The standard InChI is InChI=1S/C24H39BrF2N4O2S2Si/c1-8-36(9-2,10-3)18-14-19(25)30-21(20(18)27)24(15-26,31-34(32)22(4,5)6)17-35(33)23(7,16-28)12-11-13-29-35/h14,31H,8-13,15,17H2,1-7H3/t23-,24-,34+,35+/m0/s1. The molecule has 6 nitrogen and oxygen atoms in total. The molecule has 36 heavy (non-hydrogen) atoms. The first kappa shape index (κ1) is 31.5. The van der Waals surface area contributed by atoms with Crippen LogP contribution in [0.25, 0.3) is 0 Å². The van der Waals surface area contributed by atoms with Crippen molar-refractivity contribution in [1.29, 1.82) is 5.26 Å². The van der Waals surface area contributed by atoms with Crippen LogP contribution in [0.2, 0.25) is 18.1 Å². The average Bonchev–Trinajstić information content (AvgIpc) is 2.83. The van der Waals surface area contributed by atoms with Crippen molar-refractivity contribution in [2.24, 2.45) is 4.36 Å². The molecule has 1 aromatic rings. The molecule has 1 aliphatic rings. The molecule has 0 saturated heterocycles. The molecule has 0 aliphatic carbocycles. The summed E-state index contributed by atoms with van der Waals surface area (Å²) in [5, 5.41) is 10.4. The van der Waals surface area contributed by atoms with Gasteiger partial charge in [0.15, 0.2) is 0 Å². The number of rotatable bonds is 10. The van der Waals surface area contributed by atoms with Gasteiger partial charge in [0.1, 0.15) is 33.1 Å². The molecule has 1 aromatic heterocycles. The molecule has 1 N–H and O–H groups in total. The number of halogens is 3. The zero-order chi connectivity index (χ0) is 27.6. The normalized spacial score (nSPS) is 25.5. The summed E-state index contributed by atoms with van der Waals surface area (Å²) in [6.07, 6.45) is 0.907. The molecule has 4 atom stereocenters. The Morgan fingerprint density at radius 3 is 2.36 bits per heavy atom. The summed E-state index contributed by atoms with van der Waals surface area (Å²) in [4.78, 5) is 4.38. The predicted octanol–water partition coefficient (Wildman–Crippen LogP) is 5.46. The molecule has 0 radical (unpaired) electrons. The highest BCUT2D eigenvalue weighted by molar-refractivity contribution is 9.10. The quantitative estimate of drug-likeness (QED) is 0.276. The van der Waals surface area contributed by atoms with Crippen molar-refractivity contribution in [3.63, 3.8) is 0 Å². The Hall–Kier alpha value is -0.743. The smallest absolute Gasteiger partial charge is 0.146 e. The van der Waals surface area contributed by atoms with Crippen LogP contribution in [0.5, 0.6) is 0 Å². The molecule has 0 amide bonds. The van der Waals surface area contributed by atoms with Crippen molar-refractivity contribution < 1.29 is 17.2 Å². The summed E-state index contributed by atoms with van der Waals surface area (Å²) in [7, 11) is -7.52. The molecule has 0 saturated carbocycles. The number of nitrogens with zero attached hydrogens (tertiary/aromatic N) is 3. The van der Waals surface area contributed by atoms with Crippen LogP contribution in [0.15, 0.2) is 15.0 Å². The lowest BCUT2D eigenvalue weighted by Crippen LogP contribution is -2.58. The van der Waals surface area contributed by atoms with Gasteiger partial charge in [-0.15, -0.1) is 0 Å². The van der Waals surface area contributed by atoms with E-state index in [-0.39, 0.29) is 12.2 Å². The van der Waals surface area contributed by atoms with E-state index in [0.29, 0.717) is 22.6 Å². The highest BCUT2D eigenvalue weighted by atomic mass is 79.9. The molecule has 12 heteroatoms. The summed E-state index contributed by atoms with van der Waals surface area (Å²) in [6, 6.07) is 6.17. The third-order valence-corrected chi connectivity index (χ3v) is 18.4. The number of alkyl halides is 1. The van der Waals surface area contributed by atoms with Crippen molar-refractivity contribution in [3.8, 4) is 6.07 Å². The first-order valence-corrected chi connectivity index (χ1v) is 18.6. The first-order valence-electron chi connectivity index (χ1n) is 12.4.